The fourth-order valence-corrected chi connectivity index (χ4v) is 5.91. The second kappa shape index (κ2) is 11.0. The Balaban J connectivity index is 1.26. The van der Waals surface area contributed by atoms with Gasteiger partial charge in [0.05, 0.1) is 5.56 Å². The van der Waals surface area contributed by atoms with Crippen LogP contribution in [0.25, 0.3) is 0 Å². The number of anilines is 1. The summed E-state index contributed by atoms with van der Waals surface area (Å²) in [6.07, 6.45) is 6.97. The van der Waals surface area contributed by atoms with Crippen LogP contribution in [0.3, 0.4) is 0 Å². The summed E-state index contributed by atoms with van der Waals surface area (Å²) in [5, 5.41) is 13.4. The highest BCUT2D eigenvalue weighted by Crippen LogP contribution is 2.37. The van der Waals surface area contributed by atoms with Crippen LogP contribution in [0.15, 0.2) is 24.3 Å². The first-order valence-corrected chi connectivity index (χ1v) is 12.5. The van der Waals surface area contributed by atoms with Gasteiger partial charge < -0.3 is 10.2 Å². The molecule has 1 aromatic carbocycles. The number of fused-ring (bicyclic) bond motifs is 1. The number of nitrogens with one attached hydrogen (secondary N) is 1. The number of nitrogens with zero attached hydrogens (tertiary/aromatic N) is 3. The molecule has 0 bridgehead atoms. The van der Waals surface area contributed by atoms with E-state index in [0.29, 0.717) is 12.0 Å². The average Bonchev–Trinajstić information content (AvgIpc) is 2.96. The number of thiophene rings is 1. The number of amides is 1. The molecule has 1 aromatic heterocycles. The van der Waals surface area contributed by atoms with Crippen LogP contribution in [0.1, 0.15) is 53.7 Å². The summed E-state index contributed by atoms with van der Waals surface area (Å²) >= 11 is 1.60. The second-order valence-corrected chi connectivity index (χ2v) is 9.88. The summed E-state index contributed by atoms with van der Waals surface area (Å²) in [6, 6.07) is 9.07. The van der Waals surface area contributed by atoms with Crippen LogP contribution in [0.2, 0.25) is 0 Å². The molecule has 1 aliphatic carbocycles. The molecule has 0 unspecified atom stereocenters. The van der Waals surface area contributed by atoms with E-state index in [9.17, 15) is 14.4 Å². The first-order chi connectivity index (χ1) is 15.6. The zero-order valence-corrected chi connectivity index (χ0v) is 19.4. The van der Waals surface area contributed by atoms with Crippen LogP contribution < -0.4 is 5.32 Å². The Morgan fingerprint density at radius 1 is 1.03 bits per heavy atom. The fraction of sp³-hybridized carbons (Fsp3) is 0.520. The molecule has 7 heteroatoms. The van der Waals surface area contributed by atoms with E-state index in [1.165, 1.54) is 35.4 Å². The maximum Gasteiger partial charge on any atom is 0.226 e. The van der Waals surface area contributed by atoms with E-state index in [1.807, 2.05) is 12.1 Å². The van der Waals surface area contributed by atoms with Crippen molar-refractivity contribution >= 4 is 22.2 Å². The molecular weight excluding hydrogens is 423 g/mol. The number of hydrogen-bond donors (Lipinski definition) is 1. The Kier molecular flexibility index (Phi) is 7.90. The molecule has 1 aliphatic heterocycles. The summed E-state index contributed by atoms with van der Waals surface area (Å²) in [5.74, 6) is -0.209. The van der Waals surface area contributed by atoms with Gasteiger partial charge in [0.1, 0.15) is 16.9 Å². The maximum absolute atomic E-state index is 13.1. The molecule has 5 nitrogen and oxygen atoms in total. The van der Waals surface area contributed by atoms with Crippen molar-refractivity contribution in [2.75, 3.05) is 38.0 Å². The SMILES string of the molecule is N#Cc1c(NC(=O)CCN2CCCN(Cc3ccc(F)cc3)CC2)sc2c1CCCCC2. The van der Waals surface area contributed by atoms with Gasteiger partial charge in [0.25, 0.3) is 0 Å². The first kappa shape index (κ1) is 22.9. The lowest BCUT2D eigenvalue weighted by atomic mass is 10.1. The molecule has 2 aromatic rings. The Morgan fingerprint density at radius 3 is 2.59 bits per heavy atom. The monoisotopic (exact) mass is 454 g/mol. The van der Waals surface area contributed by atoms with E-state index in [-0.39, 0.29) is 11.7 Å². The highest BCUT2D eigenvalue weighted by molar-refractivity contribution is 7.16. The Morgan fingerprint density at radius 2 is 1.78 bits per heavy atom. The van der Waals surface area contributed by atoms with Crippen LogP contribution in [0.5, 0.6) is 0 Å². The molecule has 170 valence electrons. The van der Waals surface area contributed by atoms with Crippen molar-refractivity contribution < 1.29 is 9.18 Å². The van der Waals surface area contributed by atoms with Crippen molar-refractivity contribution in [1.82, 2.24) is 9.80 Å². The van der Waals surface area contributed by atoms with Crippen molar-refractivity contribution in [2.24, 2.45) is 0 Å². The smallest absolute Gasteiger partial charge is 0.226 e. The summed E-state index contributed by atoms with van der Waals surface area (Å²) in [7, 11) is 0. The number of aryl methyl sites for hydroxylation is 1. The third kappa shape index (κ3) is 5.94. The Labute approximate surface area is 193 Å². The van der Waals surface area contributed by atoms with Crippen molar-refractivity contribution in [3.8, 4) is 6.07 Å². The Bertz CT molecular complexity index is 966. The van der Waals surface area contributed by atoms with Crippen molar-refractivity contribution in [1.29, 1.82) is 5.26 Å². The van der Waals surface area contributed by atoms with Gasteiger partial charge in [-0.15, -0.1) is 11.3 Å². The normalized spacial score (nSPS) is 17.8. The molecule has 0 saturated carbocycles. The average molecular weight is 455 g/mol. The number of carbonyl (C=O) groups is 1. The van der Waals surface area contributed by atoms with Gasteiger partial charge in [0.15, 0.2) is 0 Å². The number of halogens is 1. The Hall–Kier alpha value is -2.27. The van der Waals surface area contributed by atoms with Crippen LogP contribution in [-0.2, 0) is 24.2 Å². The first-order valence-electron chi connectivity index (χ1n) is 11.7. The molecule has 0 radical (unpaired) electrons. The van der Waals surface area contributed by atoms with Crippen LogP contribution >= 0.6 is 11.3 Å². The summed E-state index contributed by atoms with van der Waals surface area (Å²) in [5.41, 5.74) is 2.98. The van der Waals surface area contributed by atoms with Gasteiger partial charge in [-0.1, -0.05) is 18.6 Å². The summed E-state index contributed by atoms with van der Waals surface area (Å²) in [6.45, 7) is 5.40. The molecule has 4 rings (SSSR count). The van der Waals surface area contributed by atoms with E-state index < -0.39 is 0 Å². The largest absolute Gasteiger partial charge is 0.317 e. The van der Waals surface area contributed by atoms with Gasteiger partial charge >= 0.3 is 0 Å². The molecule has 1 saturated heterocycles. The third-order valence-corrected chi connectivity index (χ3v) is 7.65. The molecule has 32 heavy (non-hydrogen) atoms. The lowest BCUT2D eigenvalue weighted by Gasteiger charge is -2.21. The standard InChI is InChI=1S/C25H31FN4OS/c26-20-9-7-19(8-10-20)18-30-13-4-12-29(15-16-30)14-11-24(31)28-25-22(17-27)21-5-2-1-3-6-23(21)32-25/h7-10H,1-6,11-16,18H2,(H,28,31). The minimum atomic E-state index is -0.200. The molecule has 1 amide bonds. The van der Waals surface area contributed by atoms with Crippen LogP contribution in [-0.4, -0.2) is 48.4 Å². The molecule has 2 heterocycles. The number of carbonyl (C=O) groups excluding carboxylic acids is 1. The molecule has 0 atom stereocenters. The van der Waals surface area contributed by atoms with Crippen LogP contribution in [0.4, 0.5) is 9.39 Å². The quantitative estimate of drug-likeness (QED) is 0.650. The fourth-order valence-electron chi connectivity index (χ4n) is 4.65. The van der Waals surface area contributed by atoms with E-state index in [2.05, 4.69) is 21.2 Å². The van der Waals surface area contributed by atoms with Gasteiger partial charge in [-0.25, -0.2) is 4.39 Å². The molecular formula is C25H31FN4OS. The number of benzene rings is 1. The molecule has 2 aliphatic rings. The van der Waals surface area contributed by atoms with Gasteiger partial charge in [0.2, 0.25) is 5.91 Å². The topological polar surface area (TPSA) is 59.4 Å². The van der Waals surface area contributed by atoms with E-state index >= 15 is 0 Å². The third-order valence-electron chi connectivity index (χ3n) is 6.44. The summed E-state index contributed by atoms with van der Waals surface area (Å²) in [4.78, 5) is 18.7. The van der Waals surface area contributed by atoms with Crippen molar-refractivity contribution in [3.63, 3.8) is 0 Å². The van der Waals surface area contributed by atoms with Gasteiger partial charge in [-0.05, 0) is 68.5 Å². The lowest BCUT2D eigenvalue weighted by Crippen LogP contribution is -2.32. The zero-order valence-electron chi connectivity index (χ0n) is 18.5. The van der Waals surface area contributed by atoms with Crippen molar-refractivity contribution in [2.45, 2.75) is 51.5 Å². The van der Waals surface area contributed by atoms with E-state index in [4.69, 9.17) is 0 Å². The van der Waals surface area contributed by atoms with Gasteiger partial charge in [-0.2, -0.15) is 5.26 Å². The minimum Gasteiger partial charge on any atom is -0.317 e. The second-order valence-electron chi connectivity index (χ2n) is 8.78. The zero-order chi connectivity index (χ0) is 22.3. The summed E-state index contributed by atoms with van der Waals surface area (Å²) < 4.78 is 13.1. The van der Waals surface area contributed by atoms with Crippen LogP contribution in [0, 0.1) is 17.1 Å². The highest BCUT2D eigenvalue weighted by atomic mass is 32.1. The predicted octanol–water partition coefficient (Wildman–Crippen LogP) is 4.56. The van der Waals surface area contributed by atoms with Gasteiger partial charge in [-0.3, -0.25) is 9.69 Å². The highest BCUT2D eigenvalue weighted by Gasteiger charge is 2.21. The number of rotatable bonds is 6. The number of nitriles is 1. The molecule has 1 N–H and O–H groups in total. The molecule has 1 fully saturated rings. The maximum atomic E-state index is 13.1. The number of hydrogen-bond acceptors (Lipinski definition) is 5. The molecule has 0 spiro atoms. The predicted molar refractivity (Wildman–Crippen MR) is 126 cm³/mol. The minimum absolute atomic E-state index is 0.00896. The lowest BCUT2D eigenvalue weighted by molar-refractivity contribution is -0.116. The van der Waals surface area contributed by atoms with Gasteiger partial charge in [0, 0.05) is 37.5 Å². The van der Waals surface area contributed by atoms with Crippen molar-refractivity contribution in [3.05, 3.63) is 51.7 Å². The van der Waals surface area contributed by atoms with E-state index in [0.717, 1.165) is 75.5 Å². The van der Waals surface area contributed by atoms with E-state index in [1.54, 1.807) is 11.3 Å².